The first-order valence-electron chi connectivity index (χ1n) is 6.12. The average Bonchev–Trinajstić information content (AvgIpc) is 2.44. The second-order valence-corrected chi connectivity index (χ2v) is 7.76. The van der Waals surface area contributed by atoms with Crippen LogP contribution < -0.4 is 5.32 Å². The first-order chi connectivity index (χ1) is 11.0. The number of carbonyl (C=O) groups is 1. The molecule has 0 saturated heterocycles. The van der Waals surface area contributed by atoms with Gasteiger partial charge in [0.1, 0.15) is 0 Å². The average molecular weight is 432 g/mol. The zero-order chi connectivity index (χ0) is 18.3. The summed E-state index contributed by atoms with van der Waals surface area (Å²) < 4.78 is -4.09. The zero-order valence-corrected chi connectivity index (χ0v) is 15.2. The molecular formula is C13H7Cl5N2O4. The van der Waals surface area contributed by atoms with E-state index in [1.807, 2.05) is 5.32 Å². The Bertz CT molecular complexity index is 788. The first-order valence-corrected chi connectivity index (χ1v) is 8.01. The van der Waals surface area contributed by atoms with Gasteiger partial charge in [-0.3, -0.25) is 15.4 Å². The number of benzene rings is 1. The van der Waals surface area contributed by atoms with Crippen molar-refractivity contribution in [3.8, 4) is 0 Å². The molecule has 1 aliphatic rings. The normalized spacial score (nSPS) is 18.8. The lowest BCUT2D eigenvalue weighted by Gasteiger charge is -2.37. The van der Waals surface area contributed by atoms with Gasteiger partial charge in [0.2, 0.25) is 0 Å². The van der Waals surface area contributed by atoms with Crippen LogP contribution in [-0.2, 0) is 0 Å². The third-order valence-electron chi connectivity index (χ3n) is 3.13. The number of hydrogen-bond donors (Lipinski definition) is 2. The molecule has 11 heteroatoms. The van der Waals surface area contributed by atoms with Crippen LogP contribution in [0.25, 0.3) is 5.57 Å². The summed E-state index contributed by atoms with van der Waals surface area (Å²) in [5.41, 5.74) is -0.926. The van der Waals surface area contributed by atoms with Crippen molar-refractivity contribution in [2.24, 2.45) is 0 Å². The zero-order valence-electron chi connectivity index (χ0n) is 11.4. The number of alkyl halides is 4. The van der Waals surface area contributed by atoms with E-state index in [4.69, 9.17) is 63.1 Å². The monoisotopic (exact) mass is 430 g/mol. The maximum absolute atomic E-state index is 11.3. The second-order valence-electron chi connectivity index (χ2n) is 4.64. The van der Waals surface area contributed by atoms with Crippen molar-refractivity contribution >= 4 is 75.4 Å². The molecule has 0 saturated carbocycles. The van der Waals surface area contributed by atoms with E-state index in [9.17, 15) is 14.9 Å². The summed E-state index contributed by atoms with van der Waals surface area (Å²) in [4.78, 5) is 21.7. The van der Waals surface area contributed by atoms with Crippen molar-refractivity contribution in [3.63, 3.8) is 0 Å². The minimum Gasteiger partial charge on any atom is -0.465 e. The number of para-hydroxylation sites is 1. The highest BCUT2D eigenvalue weighted by Gasteiger charge is 2.54. The summed E-state index contributed by atoms with van der Waals surface area (Å²) in [5.74, 6) is 0. The van der Waals surface area contributed by atoms with Crippen LogP contribution >= 0.6 is 58.0 Å². The van der Waals surface area contributed by atoms with E-state index in [0.29, 0.717) is 0 Å². The number of nitrogens with one attached hydrogen (secondary N) is 1. The molecule has 1 aliphatic carbocycles. The summed E-state index contributed by atoms with van der Waals surface area (Å²) in [6.07, 6.45) is -0.435. The van der Waals surface area contributed by atoms with Gasteiger partial charge in [-0.25, -0.2) is 4.79 Å². The molecule has 0 unspecified atom stereocenters. The molecule has 0 aliphatic heterocycles. The quantitative estimate of drug-likeness (QED) is 0.397. The number of amides is 1. The Balaban J connectivity index is 2.88. The van der Waals surface area contributed by atoms with E-state index in [0.717, 1.165) is 6.08 Å². The van der Waals surface area contributed by atoms with Gasteiger partial charge in [-0.05, 0) is 12.1 Å². The van der Waals surface area contributed by atoms with Crippen LogP contribution in [-0.4, -0.2) is 24.8 Å². The van der Waals surface area contributed by atoms with Crippen LogP contribution in [0.2, 0.25) is 0 Å². The minimum atomic E-state index is -2.13. The number of nitro groups is 1. The SMILES string of the molecule is O=C(O)NC1=C(c2ccccc2[N+](=O)[O-])C(Cl)(Cl)C(Cl)(Cl)C=C1Cl. The molecule has 1 aromatic rings. The summed E-state index contributed by atoms with van der Waals surface area (Å²) >= 11 is 30.8. The van der Waals surface area contributed by atoms with Gasteiger partial charge in [-0.15, -0.1) is 0 Å². The second kappa shape index (κ2) is 6.61. The largest absolute Gasteiger partial charge is 0.465 e. The first kappa shape index (κ1) is 19.1. The van der Waals surface area contributed by atoms with Gasteiger partial charge < -0.3 is 5.11 Å². The number of nitro benzene ring substituents is 1. The molecule has 2 N–H and O–H groups in total. The molecule has 24 heavy (non-hydrogen) atoms. The third kappa shape index (κ3) is 3.30. The summed E-state index contributed by atoms with van der Waals surface area (Å²) in [6, 6.07) is 5.43. The Morgan fingerprint density at radius 3 is 2.33 bits per heavy atom. The van der Waals surface area contributed by atoms with E-state index in [1.54, 1.807) is 0 Å². The predicted molar refractivity (Wildman–Crippen MR) is 94.0 cm³/mol. The number of halogens is 5. The van der Waals surface area contributed by atoms with Gasteiger partial charge in [0, 0.05) is 11.6 Å². The molecule has 0 heterocycles. The van der Waals surface area contributed by atoms with Gasteiger partial charge in [0.25, 0.3) is 5.69 Å². The summed E-state index contributed by atoms with van der Waals surface area (Å²) in [5, 5.41) is 22.1. The summed E-state index contributed by atoms with van der Waals surface area (Å²) in [6.45, 7) is 0. The number of allylic oxidation sites excluding steroid dienone is 3. The van der Waals surface area contributed by atoms with Crippen molar-refractivity contribution in [1.82, 2.24) is 5.32 Å². The van der Waals surface area contributed by atoms with Crippen LogP contribution in [0.15, 0.2) is 41.1 Å². The fraction of sp³-hybridized carbons (Fsp3) is 0.154. The van der Waals surface area contributed by atoms with Crippen molar-refractivity contribution in [2.45, 2.75) is 8.67 Å². The number of hydrogen-bond acceptors (Lipinski definition) is 3. The Hall–Kier alpha value is -1.18. The maximum atomic E-state index is 11.3. The molecule has 0 fully saturated rings. The Morgan fingerprint density at radius 1 is 1.21 bits per heavy atom. The van der Waals surface area contributed by atoms with Gasteiger partial charge in [0.05, 0.1) is 21.2 Å². The molecule has 0 atom stereocenters. The molecule has 1 amide bonds. The van der Waals surface area contributed by atoms with E-state index >= 15 is 0 Å². The molecule has 6 nitrogen and oxygen atoms in total. The van der Waals surface area contributed by atoms with Gasteiger partial charge in [0.15, 0.2) is 8.67 Å². The molecule has 0 radical (unpaired) electrons. The van der Waals surface area contributed by atoms with Crippen molar-refractivity contribution in [2.75, 3.05) is 0 Å². The van der Waals surface area contributed by atoms with Crippen molar-refractivity contribution in [3.05, 3.63) is 56.7 Å². The fourth-order valence-electron chi connectivity index (χ4n) is 2.14. The molecule has 128 valence electrons. The number of carboxylic acid groups (broad SMARTS) is 1. The van der Waals surface area contributed by atoms with Crippen LogP contribution in [0.3, 0.4) is 0 Å². The van der Waals surface area contributed by atoms with Crippen LogP contribution in [0, 0.1) is 10.1 Å². The minimum absolute atomic E-state index is 0.0758. The number of nitrogens with zero attached hydrogens (tertiary/aromatic N) is 1. The Kier molecular flexibility index (Phi) is 5.28. The molecule has 2 rings (SSSR count). The van der Waals surface area contributed by atoms with Gasteiger partial charge in [-0.2, -0.15) is 0 Å². The highest BCUT2D eigenvalue weighted by Crippen LogP contribution is 2.57. The predicted octanol–water partition coefficient (Wildman–Crippen LogP) is 5.06. The molecule has 1 aromatic carbocycles. The van der Waals surface area contributed by atoms with E-state index in [2.05, 4.69) is 0 Å². The van der Waals surface area contributed by atoms with Crippen molar-refractivity contribution < 1.29 is 14.8 Å². The Labute approximate surface area is 160 Å². The molecule has 0 spiro atoms. The van der Waals surface area contributed by atoms with Crippen LogP contribution in [0.5, 0.6) is 0 Å². The Morgan fingerprint density at radius 2 is 1.79 bits per heavy atom. The van der Waals surface area contributed by atoms with Gasteiger partial charge in [-0.1, -0.05) is 70.1 Å². The third-order valence-corrected chi connectivity index (χ3v) is 5.58. The van der Waals surface area contributed by atoms with Gasteiger partial charge >= 0.3 is 6.09 Å². The maximum Gasteiger partial charge on any atom is 0.409 e. The van der Waals surface area contributed by atoms with Crippen LogP contribution in [0.1, 0.15) is 5.56 Å². The topological polar surface area (TPSA) is 92.5 Å². The highest BCUT2D eigenvalue weighted by atomic mass is 35.5. The molecule has 0 aromatic heterocycles. The van der Waals surface area contributed by atoms with E-state index in [-0.39, 0.29) is 27.6 Å². The standard InChI is InChI=1S/C13H7Cl5N2O4/c14-7-5-12(15,16)13(17,18)9(10(7)19-11(21)22)6-3-1-2-4-8(6)20(23)24/h1-5,19H,(H,21,22). The van der Waals surface area contributed by atoms with Crippen LogP contribution in [0.4, 0.5) is 10.5 Å². The lowest BCUT2D eigenvalue weighted by atomic mass is 9.92. The van der Waals surface area contributed by atoms with E-state index in [1.165, 1.54) is 24.3 Å². The molecular weight excluding hydrogens is 425 g/mol. The lowest BCUT2D eigenvalue weighted by molar-refractivity contribution is -0.385. The fourth-order valence-corrected chi connectivity index (χ4v) is 3.47. The lowest BCUT2D eigenvalue weighted by Crippen LogP contribution is -2.41. The molecule has 0 bridgehead atoms. The highest BCUT2D eigenvalue weighted by molar-refractivity contribution is 6.68. The van der Waals surface area contributed by atoms with E-state index < -0.39 is 19.7 Å². The number of rotatable bonds is 3. The smallest absolute Gasteiger partial charge is 0.409 e. The van der Waals surface area contributed by atoms with Crippen molar-refractivity contribution in [1.29, 1.82) is 0 Å². The summed E-state index contributed by atoms with van der Waals surface area (Å²) in [7, 11) is 0.